The number of nitrogens with zero attached hydrogens (tertiary/aromatic N) is 2. The lowest BCUT2D eigenvalue weighted by Gasteiger charge is -2.30. The van der Waals surface area contributed by atoms with Crippen LogP contribution in [0.25, 0.3) is 0 Å². The summed E-state index contributed by atoms with van der Waals surface area (Å²) in [6.45, 7) is 2.80. The van der Waals surface area contributed by atoms with Crippen LogP contribution in [0, 0.1) is 6.92 Å². The molecule has 1 N–H and O–H groups in total. The number of likely N-dealkylation sites (tertiary alicyclic amines) is 1. The number of piperidine rings is 1. The highest BCUT2D eigenvalue weighted by Crippen LogP contribution is 2.14. The Kier molecular flexibility index (Phi) is 3.08. The fourth-order valence-corrected chi connectivity index (χ4v) is 1.95. The predicted molar refractivity (Wildman–Crippen MR) is 63.3 cm³/mol. The molecule has 1 aromatic heterocycles. The summed E-state index contributed by atoms with van der Waals surface area (Å²) in [5.74, 6) is 1.13. The highest BCUT2D eigenvalue weighted by atomic mass is 16.2. The summed E-state index contributed by atoms with van der Waals surface area (Å²) in [6.07, 6.45) is 3.31. The molecule has 4 heteroatoms. The second-order valence-electron chi connectivity index (χ2n) is 4.37. The van der Waals surface area contributed by atoms with E-state index in [9.17, 15) is 4.79 Å². The van der Waals surface area contributed by atoms with E-state index in [0.717, 1.165) is 18.8 Å². The van der Waals surface area contributed by atoms with Crippen LogP contribution < -0.4 is 5.32 Å². The molecule has 1 fully saturated rings. The molecule has 1 unspecified atom stereocenters. The van der Waals surface area contributed by atoms with Crippen LogP contribution in [0.5, 0.6) is 0 Å². The molecule has 4 nitrogen and oxygen atoms in total. The van der Waals surface area contributed by atoms with Gasteiger partial charge < -0.3 is 10.2 Å². The van der Waals surface area contributed by atoms with Gasteiger partial charge in [0.1, 0.15) is 5.82 Å². The van der Waals surface area contributed by atoms with Crippen molar-refractivity contribution in [2.75, 3.05) is 18.9 Å². The van der Waals surface area contributed by atoms with Crippen molar-refractivity contribution >= 4 is 11.7 Å². The van der Waals surface area contributed by atoms with Gasteiger partial charge in [0, 0.05) is 32.3 Å². The highest BCUT2D eigenvalue weighted by molar-refractivity contribution is 5.77. The standard InChI is InChI=1S/C12H17N3O/c1-9-5-6-13-11(7-9)14-10-3-4-12(16)15(2)8-10/h5-7,10H,3-4,8H2,1-2H3,(H,13,14). The summed E-state index contributed by atoms with van der Waals surface area (Å²) in [5.41, 5.74) is 1.19. The minimum atomic E-state index is 0.232. The van der Waals surface area contributed by atoms with Crippen LogP contribution in [0.3, 0.4) is 0 Å². The van der Waals surface area contributed by atoms with E-state index in [1.165, 1.54) is 5.56 Å². The summed E-state index contributed by atoms with van der Waals surface area (Å²) in [7, 11) is 1.85. The molecule has 2 heterocycles. The third kappa shape index (κ3) is 2.51. The third-order valence-corrected chi connectivity index (χ3v) is 2.89. The minimum absolute atomic E-state index is 0.232. The average Bonchev–Trinajstić information content (AvgIpc) is 2.24. The Bertz CT molecular complexity index is 392. The van der Waals surface area contributed by atoms with Gasteiger partial charge in [0.2, 0.25) is 5.91 Å². The third-order valence-electron chi connectivity index (χ3n) is 2.89. The number of nitrogens with one attached hydrogen (secondary N) is 1. The summed E-state index contributed by atoms with van der Waals surface area (Å²) >= 11 is 0. The van der Waals surface area contributed by atoms with Crippen LogP contribution in [0.2, 0.25) is 0 Å². The summed E-state index contributed by atoms with van der Waals surface area (Å²) in [6, 6.07) is 4.31. The minimum Gasteiger partial charge on any atom is -0.366 e. The first-order chi connectivity index (χ1) is 7.65. The number of likely N-dealkylation sites (N-methyl/N-ethyl adjacent to an activating group) is 1. The Morgan fingerprint density at radius 1 is 1.56 bits per heavy atom. The van der Waals surface area contributed by atoms with E-state index in [1.807, 2.05) is 26.1 Å². The molecule has 1 saturated heterocycles. The first-order valence-electron chi connectivity index (χ1n) is 5.58. The lowest BCUT2D eigenvalue weighted by Crippen LogP contribution is -2.43. The van der Waals surface area contributed by atoms with E-state index < -0.39 is 0 Å². The van der Waals surface area contributed by atoms with Gasteiger partial charge in [-0.2, -0.15) is 0 Å². The topological polar surface area (TPSA) is 45.2 Å². The normalized spacial score (nSPS) is 21.0. The number of hydrogen-bond donors (Lipinski definition) is 1. The van der Waals surface area contributed by atoms with E-state index in [4.69, 9.17) is 0 Å². The molecule has 0 radical (unpaired) electrons. The molecule has 16 heavy (non-hydrogen) atoms. The van der Waals surface area contributed by atoms with E-state index in [-0.39, 0.29) is 5.91 Å². The maximum Gasteiger partial charge on any atom is 0.222 e. The number of carbonyl (C=O) groups is 1. The number of pyridine rings is 1. The summed E-state index contributed by atoms with van der Waals surface area (Å²) < 4.78 is 0. The molecule has 1 aliphatic heterocycles. The van der Waals surface area contributed by atoms with Gasteiger partial charge in [0.05, 0.1) is 0 Å². The van der Waals surface area contributed by atoms with E-state index in [1.54, 1.807) is 11.1 Å². The van der Waals surface area contributed by atoms with Crippen molar-refractivity contribution in [2.24, 2.45) is 0 Å². The van der Waals surface area contributed by atoms with Gasteiger partial charge in [-0.25, -0.2) is 4.98 Å². The van der Waals surface area contributed by atoms with E-state index >= 15 is 0 Å². The zero-order valence-corrected chi connectivity index (χ0v) is 9.73. The highest BCUT2D eigenvalue weighted by Gasteiger charge is 2.22. The number of rotatable bonds is 2. The molecule has 0 bridgehead atoms. The Labute approximate surface area is 95.7 Å². The molecule has 1 atom stereocenters. The fraction of sp³-hybridized carbons (Fsp3) is 0.500. The van der Waals surface area contributed by atoms with Crippen LogP contribution in [0.15, 0.2) is 18.3 Å². The number of hydrogen-bond acceptors (Lipinski definition) is 3. The Morgan fingerprint density at radius 2 is 2.38 bits per heavy atom. The largest absolute Gasteiger partial charge is 0.366 e. The smallest absolute Gasteiger partial charge is 0.222 e. The van der Waals surface area contributed by atoms with Crippen LogP contribution >= 0.6 is 0 Å². The molecular weight excluding hydrogens is 202 g/mol. The van der Waals surface area contributed by atoms with Crippen LogP contribution in [-0.2, 0) is 4.79 Å². The second-order valence-corrected chi connectivity index (χ2v) is 4.37. The zero-order valence-electron chi connectivity index (χ0n) is 9.73. The Hall–Kier alpha value is -1.58. The zero-order chi connectivity index (χ0) is 11.5. The number of aryl methyl sites for hydroxylation is 1. The van der Waals surface area contributed by atoms with Crippen LogP contribution in [0.4, 0.5) is 5.82 Å². The van der Waals surface area contributed by atoms with Gasteiger partial charge in [-0.3, -0.25) is 4.79 Å². The first kappa shape index (κ1) is 10.9. The van der Waals surface area contributed by atoms with Crippen molar-refractivity contribution in [3.05, 3.63) is 23.9 Å². The van der Waals surface area contributed by atoms with Crippen molar-refractivity contribution < 1.29 is 4.79 Å². The maximum atomic E-state index is 11.3. The van der Waals surface area contributed by atoms with E-state index in [2.05, 4.69) is 10.3 Å². The second kappa shape index (κ2) is 4.51. The van der Waals surface area contributed by atoms with E-state index in [0.29, 0.717) is 12.5 Å². The molecular formula is C12H17N3O. The summed E-state index contributed by atoms with van der Waals surface area (Å²) in [5, 5.41) is 3.37. The molecule has 1 aliphatic rings. The SMILES string of the molecule is Cc1ccnc(NC2CCC(=O)N(C)C2)c1. The molecule has 0 spiro atoms. The van der Waals surface area contributed by atoms with Gasteiger partial charge >= 0.3 is 0 Å². The fourth-order valence-electron chi connectivity index (χ4n) is 1.95. The Balaban J connectivity index is 1.98. The lowest BCUT2D eigenvalue weighted by atomic mass is 10.1. The predicted octanol–water partition coefficient (Wildman–Crippen LogP) is 1.42. The summed E-state index contributed by atoms with van der Waals surface area (Å²) in [4.78, 5) is 17.4. The molecule has 0 saturated carbocycles. The molecule has 2 rings (SSSR count). The van der Waals surface area contributed by atoms with Crippen molar-refractivity contribution in [3.8, 4) is 0 Å². The number of aromatic nitrogens is 1. The average molecular weight is 219 g/mol. The monoisotopic (exact) mass is 219 g/mol. The lowest BCUT2D eigenvalue weighted by molar-refractivity contribution is -0.132. The quantitative estimate of drug-likeness (QED) is 0.818. The van der Waals surface area contributed by atoms with Gasteiger partial charge in [0.15, 0.2) is 0 Å². The van der Waals surface area contributed by atoms with Crippen molar-refractivity contribution in [3.63, 3.8) is 0 Å². The van der Waals surface area contributed by atoms with Crippen LogP contribution in [-0.4, -0.2) is 35.4 Å². The van der Waals surface area contributed by atoms with Gasteiger partial charge in [-0.05, 0) is 31.0 Å². The molecule has 0 aromatic carbocycles. The number of amides is 1. The number of carbonyl (C=O) groups excluding carboxylic acids is 1. The van der Waals surface area contributed by atoms with Crippen LogP contribution in [0.1, 0.15) is 18.4 Å². The van der Waals surface area contributed by atoms with Crippen molar-refractivity contribution in [1.29, 1.82) is 0 Å². The molecule has 1 amide bonds. The Morgan fingerprint density at radius 3 is 3.06 bits per heavy atom. The van der Waals surface area contributed by atoms with Crippen molar-refractivity contribution in [1.82, 2.24) is 9.88 Å². The van der Waals surface area contributed by atoms with Gasteiger partial charge in [0.25, 0.3) is 0 Å². The maximum absolute atomic E-state index is 11.3. The molecule has 86 valence electrons. The van der Waals surface area contributed by atoms with Gasteiger partial charge in [-0.1, -0.05) is 0 Å². The van der Waals surface area contributed by atoms with Gasteiger partial charge in [-0.15, -0.1) is 0 Å². The first-order valence-corrected chi connectivity index (χ1v) is 5.58. The van der Waals surface area contributed by atoms with Crippen molar-refractivity contribution in [2.45, 2.75) is 25.8 Å². The molecule has 0 aliphatic carbocycles. The number of anilines is 1. The molecule has 1 aromatic rings.